The van der Waals surface area contributed by atoms with Gasteiger partial charge in [-0.3, -0.25) is 4.98 Å². The highest BCUT2D eigenvalue weighted by Crippen LogP contribution is 2.04. The zero-order valence-corrected chi connectivity index (χ0v) is 7.72. The van der Waals surface area contributed by atoms with Gasteiger partial charge in [0.05, 0.1) is 6.54 Å². The van der Waals surface area contributed by atoms with Crippen molar-refractivity contribution >= 4 is 12.6 Å². The van der Waals surface area contributed by atoms with E-state index in [1.807, 2.05) is 22.9 Å². The van der Waals surface area contributed by atoms with Crippen molar-refractivity contribution < 1.29 is 0 Å². The maximum Gasteiger partial charge on any atom is 0.188 e. The first-order valence-electron chi connectivity index (χ1n) is 3.82. The van der Waals surface area contributed by atoms with Crippen LogP contribution in [0.1, 0.15) is 5.56 Å². The molecule has 2 aromatic rings. The number of hydrogen-bond acceptors (Lipinski definition) is 4. The quantitative estimate of drug-likeness (QED) is 0.722. The molecule has 0 saturated carbocycles. The van der Waals surface area contributed by atoms with E-state index in [2.05, 4.69) is 27.8 Å². The Hall–Kier alpha value is -1.36. The monoisotopic (exact) mass is 192 g/mol. The van der Waals surface area contributed by atoms with E-state index in [-0.39, 0.29) is 0 Å². The number of hydrogen-bond donors (Lipinski definition) is 1. The molecule has 0 atom stereocenters. The molecule has 0 amide bonds. The van der Waals surface area contributed by atoms with Gasteiger partial charge in [-0.1, -0.05) is 6.07 Å². The third-order valence-corrected chi connectivity index (χ3v) is 2.02. The van der Waals surface area contributed by atoms with Crippen molar-refractivity contribution in [3.05, 3.63) is 36.4 Å². The predicted octanol–water partition coefficient (Wildman–Crippen LogP) is 1.01. The summed E-state index contributed by atoms with van der Waals surface area (Å²) in [5.74, 6) is 0. The molecule has 0 fully saturated rings. The Kier molecular flexibility index (Phi) is 2.27. The number of thiol groups is 1. The summed E-state index contributed by atoms with van der Waals surface area (Å²) >= 11 is 4.15. The van der Waals surface area contributed by atoms with Gasteiger partial charge in [-0.25, -0.2) is 0 Å². The molecule has 0 aromatic carbocycles. The van der Waals surface area contributed by atoms with Crippen molar-refractivity contribution in [2.24, 2.45) is 0 Å². The van der Waals surface area contributed by atoms with Gasteiger partial charge < -0.3 is 4.57 Å². The summed E-state index contributed by atoms with van der Waals surface area (Å²) in [5.41, 5.74) is 1.11. The zero-order valence-electron chi connectivity index (χ0n) is 6.83. The van der Waals surface area contributed by atoms with Gasteiger partial charge in [-0.15, -0.1) is 22.8 Å². The molecule has 2 rings (SSSR count). The summed E-state index contributed by atoms with van der Waals surface area (Å²) in [5, 5.41) is 8.12. The molecule has 0 radical (unpaired) electrons. The molecule has 5 heteroatoms. The van der Waals surface area contributed by atoms with E-state index < -0.39 is 0 Å². The summed E-state index contributed by atoms with van der Waals surface area (Å²) < 4.78 is 1.85. The molecule has 0 N–H and O–H groups in total. The summed E-state index contributed by atoms with van der Waals surface area (Å²) in [7, 11) is 0. The second-order valence-corrected chi connectivity index (χ2v) is 3.02. The maximum absolute atomic E-state index is 4.15. The van der Waals surface area contributed by atoms with E-state index >= 15 is 0 Å². The largest absolute Gasteiger partial charge is 0.304 e. The van der Waals surface area contributed by atoms with Crippen LogP contribution in [0.4, 0.5) is 0 Å². The second kappa shape index (κ2) is 3.57. The number of nitrogens with zero attached hydrogens (tertiary/aromatic N) is 4. The molecule has 0 aliphatic rings. The highest BCUT2D eigenvalue weighted by atomic mass is 32.1. The molecular weight excluding hydrogens is 184 g/mol. The van der Waals surface area contributed by atoms with Gasteiger partial charge in [0.1, 0.15) is 6.33 Å². The fraction of sp³-hybridized carbons (Fsp3) is 0.125. The van der Waals surface area contributed by atoms with Crippen molar-refractivity contribution in [3.63, 3.8) is 0 Å². The minimum Gasteiger partial charge on any atom is -0.304 e. The average molecular weight is 192 g/mol. The Morgan fingerprint density at radius 1 is 1.46 bits per heavy atom. The van der Waals surface area contributed by atoms with Crippen molar-refractivity contribution in [1.82, 2.24) is 19.7 Å². The highest BCUT2D eigenvalue weighted by Gasteiger charge is 1.99. The molecule has 66 valence electrons. The van der Waals surface area contributed by atoms with Crippen LogP contribution < -0.4 is 0 Å². The molecular formula is C8H8N4S. The van der Waals surface area contributed by atoms with Crippen LogP contribution in [-0.2, 0) is 6.54 Å². The van der Waals surface area contributed by atoms with Crippen LogP contribution in [0.2, 0.25) is 0 Å². The van der Waals surface area contributed by atoms with E-state index in [0.29, 0.717) is 11.7 Å². The van der Waals surface area contributed by atoms with Crippen molar-refractivity contribution in [2.45, 2.75) is 11.7 Å². The van der Waals surface area contributed by atoms with E-state index in [9.17, 15) is 0 Å². The lowest BCUT2D eigenvalue weighted by Crippen LogP contribution is -1.98. The minimum absolute atomic E-state index is 0.615. The van der Waals surface area contributed by atoms with Crippen LogP contribution >= 0.6 is 12.6 Å². The Bertz CT molecular complexity index is 384. The Balaban J connectivity index is 2.20. The van der Waals surface area contributed by atoms with Crippen LogP contribution in [-0.4, -0.2) is 19.7 Å². The fourth-order valence-corrected chi connectivity index (χ4v) is 1.22. The summed E-state index contributed by atoms with van der Waals surface area (Å²) in [4.78, 5) is 4.02. The van der Waals surface area contributed by atoms with Crippen LogP contribution in [0, 0.1) is 0 Å². The molecule has 2 heterocycles. The predicted molar refractivity (Wildman–Crippen MR) is 50.6 cm³/mol. The first kappa shape index (κ1) is 8.25. The third kappa shape index (κ3) is 1.86. The fourth-order valence-electron chi connectivity index (χ4n) is 1.05. The van der Waals surface area contributed by atoms with Gasteiger partial charge in [-0.05, 0) is 11.6 Å². The van der Waals surface area contributed by atoms with Gasteiger partial charge in [0.25, 0.3) is 0 Å². The van der Waals surface area contributed by atoms with Gasteiger partial charge in [0.15, 0.2) is 5.16 Å². The summed E-state index contributed by atoms with van der Waals surface area (Å²) in [6.07, 6.45) is 5.21. The Labute approximate surface area is 81.1 Å². The van der Waals surface area contributed by atoms with Crippen LogP contribution in [0.3, 0.4) is 0 Å². The smallest absolute Gasteiger partial charge is 0.188 e. The molecule has 0 unspecified atom stereocenters. The van der Waals surface area contributed by atoms with E-state index in [0.717, 1.165) is 5.56 Å². The Morgan fingerprint density at radius 2 is 2.38 bits per heavy atom. The van der Waals surface area contributed by atoms with Gasteiger partial charge in [0.2, 0.25) is 0 Å². The SMILES string of the molecule is Sc1nncn1Cc1cccnc1. The average Bonchev–Trinajstić information content (AvgIpc) is 2.54. The van der Waals surface area contributed by atoms with Gasteiger partial charge >= 0.3 is 0 Å². The lowest BCUT2D eigenvalue weighted by atomic mass is 10.3. The third-order valence-electron chi connectivity index (χ3n) is 1.67. The number of pyridine rings is 1. The summed E-state index contributed by atoms with van der Waals surface area (Å²) in [6.45, 7) is 0.708. The Morgan fingerprint density at radius 3 is 3.00 bits per heavy atom. The van der Waals surface area contributed by atoms with E-state index in [1.54, 1.807) is 12.5 Å². The lowest BCUT2D eigenvalue weighted by molar-refractivity contribution is 0.709. The number of rotatable bonds is 2. The molecule has 0 bridgehead atoms. The molecule has 0 aliphatic heterocycles. The van der Waals surface area contributed by atoms with Crippen molar-refractivity contribution in [3.8, 4) is 0 Å². The van der Waals surface area contributed by atoms with E-state index in [4.69, 9.17) is 0 Å². The molecule has 0 spiro atoms. The molecule has 2 aromatic heterocycles. The highest BCUT2D eigenvalue weighted by molar-refractivity contribution is 7.80. The first-order chi connectivity index (χ1) is 6.36. The maximum atomic E-state index is 4.15. The second-order valence-electron chi connectivity index (χ2n) is 2.62. The zero-order chi connectivity index (χ0) is 9.10. The van der Waals surface area contributed by atoms with Crippen LogP contribution in [0.25, 0.3) is 0 Å². The van der Waals surface area contributed by atoms with Crippen LogP contribution in [0.15, 0.2) is 36.0 Å². The molecule has 13 heavy (non-hydrogen) atoms. The lowest BCUT2D eigenvalue weighted by Gasteiger charge is -2.01. The minimum atomic E-state index is 0.615. The van der Waals surface area contributed by atoms with E-state index in [1.165, 1.54) is 0 Å². The van der Waals surface area contributed by atoms with Crippen molar-refractivity contribution in [1.29, 1.82) is 0 Å². The molecule has 0 aliphatic carbocycles. The first-order valence-corrected chi connectivity index (χ1v) is 4.26. The topological polar surface area (TPSA) is 43.6 Å². The standard InChI is InChI=1S/C8H8N4S/c13-8-11-10-6-12(8)5-7-2-1-3-9-4-7/h1-4,6H,5H2,(H,11,13). The molecule has 4 nitrogen and oxygen atoms in total. The van der Waals surface area contributed by atoms with Crippen LogP contribution in [0.5, 0.6) is 0 Å². The normalized spacial score (nSPS) is 10.2. The number of aromatic nitrogens is 4. The summed E-state index contributed by atoms with van der Waals surface area (Å²) in [6, 6.07) is 3.90. The van der Waals surface area contributed by atoms with Crippen molar-refractivity contribution in [2.75, 3.05) is 0 Å². The van der Waals surface area contributed by atoms with Gasteiger partial charge in [0, 0.05) is 12.4 Å². The molecule has 0 saturated heterocycles. The van der Waals surface area contributed by atoms with Gasteiger partial charge in [-0.2, -0.15) is 0 Å².